The Morgan fingerprint density at radius 2 is 1.85 bits per heavy atom. The maximum atomic E-state index is 12.3. The van der Waals surface area contributed by atoms with Gasteiger partial charge in [-0.05, 0) is 23.6 Å². The molecule has 7 nitrogen and oxygen atoms in total. The molecule has 0 spiro atoms. The molecule has 7 heteroatoms. The third kappa shape index (κ3) is 5.26. The van der Waals surface area contributed by atoms with E-state index in [1.807, 2.05) is 18.2 Å². The molecule has 2 amide bonds. The molecule has 0 aliphatic carbocycles. The molecule has 0 saturated carbocycles. The molecule has 2 aliphatic heterocycles. The van der Waals surface area contributed by atoms with Crippen LogP contribution in [-0.4, -0.2) is 56.6 Å². The maximum absolute atomic E-state index is 12.3. The Bertz CT molecular complexity index is 615. The monoisotopic (exact) mass is 377 g/mol. The zero-order valence-corrected chi connectivity index (χ0v) is 16.3. The van der Waals surface area contributed by atoms with Gasteiger partial charge < -0.3 is 24.8 Å². The smallest absolute Gasteiger partial charge is 0.315 e. The van der Waals surface area contributed by atoms with E-state index in [0.717, 1.165) is 56.2 Å². The molecule has 3 rings (SSSR count). The van der Waals surface area contributed by atoms with Crippen LogP contribution in [0.1, 0.15) is 32.3 Å². The number of benzene rings is 1. The first-order valence-corrected chi connectivity index (χ1v) is 9.93. The third-order valence-electron chi connectivity index (χ3n) is 5.47. The van der Waals surface area contributed by atoms with Crippen molar-refractivity contribution in [3.63, 3.8) is 0 Å². The second-order valence-electron chi connectivity index (χ2n) is 7.04. The van der Waals surface area contributed by atoms with Gasteiger partial charge in [0.15, 0.2) is 11.5 Å². The van der Waals surface area contributed by atoms with Gasteiger partial charge in [-0.25, -0.2) is 4.79 Å². The van der Waals surface area contributed by atoms with E-state index in [4.69, 9.17) is 14.2 Å². The quantitative estimate of drug-likeness (QED) is 0.728. The summed E-state index contributed by atoms with van der Waals surface area (Å²) >= 11 is 0. The molecular weight excluding hydrogens is 346 g/mol. The molecule has 27 heavy (non-hydrogen) atoms. The Morgan fingerprint density at radius 1 is 1.11 bits per heavy atom. The second kappa shape index (κ2) is 9.80. The van der Waals surface area contributed by atoms with Gasteiger partial charge in [0.05, 0.1) is 13.2 Å². The summed E-state index contributed by atoms with van der Waals surface area (Å²) in [5.41, 5.74) is 0.985. The summed E-state index contributed by atoms with van der Waals surface area (Å²) in [5, 5.41) is 6.00. The van der Waals surface area contributed by atoms with Crippen LogP contribution in [0.2, 0.25) is 0 Å². The number of fused-ring (bicyclic) bond motifs is 1. The molecule has 150 valence electrons. The minimum Gasteiger partial charge on any atom is -0.454 e. The maximum Gasteiger partial charge on any atom is 0.315 e. The zero-order chi connectivity index (χ0) is 19.1. The molecule has 2 heterocycles. The number of nitrogens with one attached hydrogen (secondary N) is 2. The Morgan fingerprint density at radius 3 is 2.59 bits per heavy atom. The Balaban J connectivity index is 1.49. The van der Waals surface area contributed by atoms with E-state index in [-0.39, 0.29) is 12.8 Å². The van der Waals surface area contributed by atoms with E-state index >= 15 is 0 Å². The molecule has 1 aromatic rings. The average Bonchev–Trinajstić information content (AvgIpc) is 3.18. The van der Waals surface area contributed by atoms with Gasteiger partial charge in [0.1, 0.15) is 0 Å². The molecule has 0 radical (unpaired) electrons. The summed E-state index contributed by atoms with van der Waals surface area (Å²) < 4.78 is 16.2. The number of carbonyl (C=O) groups is 1. The highest BCUT2D eigenvalue weighted by Crippen LogP contribution is 2.32. The van der Waals surface area contributed by atoms with Crippen molar-refractivity contribution in [2.75, 3.05) is 39.6 Å². The molecule has 1 atom stereocenters. The van der Waals surface area contributed by atoms with Gasteiger partial charge in [0.2, 0.25) is 6.79 Å². The Hall–Kier alpha value is -1.99. The molecule has 2 aliphatic rings. The van der Waals surface area contributed by atoms with Crippen molar-refractivity contribution in [3.05, 3.63) is 23.8 Å². The first kappa shape index (κ1) is 19.8. The standard InChI is InChI=1S/C20H31N3O4/c1-3-16(4-2)17(23-7-9-25-10-8-23)13-22-20(24)21-12-15-5-6-18-19(11-15)27-14-26-18/h5-6,11,16-17H,3-4,7-10,12-14H2,1-2H3,(H2,21,22,24). The average molecular weight is 377 g/mol. The number of hydrogen-bond donors (Lipinski definition) is 2. The fourth-order valence-electron chi connectivity index (χ4n) is 3.83. The van der Waals surface area contributed by atoms with Crippen molar-refractivity contribution in [3.8, 4) is 11.5 Å². The first-order valence-electron chi connectivity index (χ1n) is 9.93. The molecule has 2 N–H and O–H groups in total. The summed E-state index contributed by atoms with van der Waals surface area (Å²) in [5.74, 6) is 2.05. The lowest BCUT2D eigenvalue weighted by Gasteiger charge is -2.38. The van der Waals surface area contributed by atoms with E-state index in [2.05, 4.69) is 29.4 Å². The minimum absolute atomic E-state index is 0.142. The SMILES string of the molecule is CCC(CC)C(CNC(=O)NCc1ccc2c(c1)OCO2)N1CCOCC1. The number of nitrogens with zero attached hydrogens (tertiary/aromatic N) is 1. The third-order valence-corrected chi connectivity index (χ3v) is 5.47. The Labute approximate surface area is 161 Å². The van der Waals surface area contributed by atoms with Crippen molar-refractivity contribution < 1.29 is 19.0 Å². The van der Waals surface area contributed by atoms with Gasteiger partial charge in [0, 0.05) is 32.2 Å². The fraction of sp³-hybridized carbons (Fsp3) is 0.650. The summed E-state index contributed by atoms with van der Waals surface area (Å²) in [6, 6.07) is 5.92. The summed E-state index contributed by atoms with van der Waals surface area (Å²) in [6.45, 7) is 9.21. The summed E-state index contributed by atoms with van der Waals surface area (Å²) in [7, 11) is 0. The number of ether oxygens (including phenoxy) is 3. The van der Waals surface area contributed by atoms with Crippen LogP contribution in [0.3, 0.4) is 0 Å². The lowest BCUT2D eigenvalue weighted by Crippen LogP contribution is -2.53. The van der Waals surface area contributed by atoms with E-state index in [1.54, 1.807) is 0 Å². The first-order chi connectivity index (χ1) is 13.2. The predicted molar refractivity (Wildman–Crippen MR) is 103 cm³/mol. The van der Waals surface area contributed by atoms with Crippen molar-refractivity contribution in [2.45, 2.75) is 39.3 Å². The molecular formula is C20H31N3O4. The molecule has 1 fully saturated rings. The van der Waals surface area contributed by atoms with Gasteiger partial charge in [-0.2, -0.15) is 0 Å². The van der Waals surface area contributed by atoms with Crippen LogP contribution < -0.4 is 20.1 Å². The summed E-state index contributed by atoms with van der Waals surface area (Å²) in [4.78, 5) is 14.8. The van der Waals surface area contributed by atoms with E-state index in [0.29, 0.717) is 25.0 Å². The van der Waals surface area contributed by atoms with E-state index < -0.39 is 0 Å². The number of rotatable bonds is 8. The van der Waals surface area contributed by atoms with Crippen molar-refractivity contribution in [1.82, 2.24) is 15.5 Å². The number of amides is 2. The lowest BCUT2D eigenvalue weighted by molar-refractivity contribution is 0.00237. The van der Waals surface area contributed by atoms with Crippen LogP contribution in [0.4, 0.5) is 4.79 Å². The highest BCUT2D eigenvalue weighted by atomic mass is 16.7. The second-order valence-corrected chi connectivity index (χ2v) is 7.04. The Kier molecular flexibility index (Phi) is 7.18. The van der Waals surface area contributed by atoms with Crippen LogP contribution in [0, 0.1) is 5.92 Å². The topological polar surface area (TPSA) is 72.1 Å². The van der Waals surface area contributed by atoms with Crippen LogP contribution in [0.25, 0.3) is 0 Å². The van der Waals surface area contributed by atoms with Gasteiger partial charge in [0.25, 0.3) is 0 Å². The number of urea groups is 1. The molecule has 0 aromatic heterocycles. The highest BCUT2D eigenvalue weighted by molar-refractivity contribution is 5.73. The molecule has 1 unspecified atom stereocenters. The summed E-state index contributed by atoms with van der Waals surface area (Å²) in [6.07, 6.45) is 2.22. The number of carbonyl (C=O) groups excluding carboxylic acids is 1. The lowest BCUT2D eigenvalue weighted by atomic mass is 9.92. The van der Waals surface area contributed by atoms with E-state index in [1.165, 1.54) is 0 Å². The zero-order valence-electron chi connectivity index (χ0n) is 16.3. The highest BCUT2D eigenvalue weighted by Gasteiger charge is 2.27. The van der Waals surface area contributed by atoms with Gasteiger partial charge in [-0.1, -0.05) is 32.8 Å². The van der Waals surface area contributed by atoms with Crippen LogP contribution >= 0.6 is 0 Å². The molecule has 1 aromatic carbocycles. The largest absolute Gasteiger partial charge is 0.454 e. The normalized spacial score (nSPS) is 17.7. The minimum atomic E-state index is -0.142. The van der Waals surface area contributed by atoms with Crippen molar-refractivity contribution in [1.29, 1.82) is 0 Å². The number of hydrogen-bond acceptors (Lipinski definition) is 5. The number of morpholine rings is 1. The molecule has 1 saturated heterocycles. The van der Waals surface area contributed by atoms with Gasteiger partial charge in [-0.15, -0.1) is 0 Å². The van der Waals surface area contributed by atoms with Crippen LogP contribution in [-0.2, 0) is 11.3 Å². The molecule has 0 bridgehead atoms. The fourth-order valence-corrected chi connectivity index (χ4v) is 3.83. The predicted octanol–water partition coefficient (Wildman–Crippen LogP) is 2.35. The van der Waals surface area contributed by atoms with Crippen LogP contribution in [0.5, 0.6) is 11.5 Å². The van der Waals surface area contributed by atoms with Crippen molar-refractivity contribution >= 4 is 6.03 Å². The van der Waals surface area contributed by atoms with Crippen LogP contribution in [0.15, 0.2) is 18.2 Å². The van der Waals surface area contributed by atoms with Crippen molar-refractivity contribution in [2.24, 2.45) is 5.92 Å². The van der Waals surface area contributed by atoms with Gasteiger partial charge in [-0.3, -0.25) is 4.90 Å². The van der Waals surface area contributed by atoms with E-state index in [9.17, 15) is 4.79 Å². The van der Waals surface area contributed by atoms with Gasteiger partial charge >= 0.3 is 6.03 Å².